The molecule has 0 saturated carbocycles. The topological polar surface area (TPSA) is 92.3 Å². The quantitative estimate of drug-likeness (QED) is 0.298. The van der Waals surface area contributed by atoms with Crippen LogP contribution in [0, 0.1) is 0 Å². The second-order valence-electron chi connectivity index (χ2n) is 6.03. The van der Waals surface area contributed by atoms with E-state index in [0.717, 1.165) is 22.9 Å². The van der Waals surface area contributed by atoms with Crippen molar-refractivity contribution < 1.29 is 14.4 Å². The lowest BCUT2D eigenvalue weighted by Crippen LogP contribution is -2.31. The zero-order chi connectivity index (χ0) is 19.2. The first-order valence-corrected chi connectivity index (χ1v) is 10.6. The molecule has 0 radical (unpaired) electrons. The van der Waals surface area contributed by atoms with Gasteiger partial charge in [-0.25, -0.2) is 0 Å². The molecule has 27 heavy (non-hydrogen) atoms. The van der Waals surface area contributed by atoms with Crippen LogP contribution in [0.25, 0.3) is 0 Å². The molecule has 142 valence electrons. The molecule has 2 heterocycles. The number of carbonyl (C=O) groups excluding carboxylic acids is 3. The van der Waals surface area contributed by atoms with Crippen LogP contribution in [-0.4, -0.2) is 45.1 Å². The average molecular weight is 405 g/mol. The summed E-state index contributed by atoms with van der Waals surface area (Å²) < 4.78 is 0.838. The van der Waals surface area contributed by atoms with E-state index < -0.39 is 0 Å². The Morgan fingerprint density at radius 2 is 1.85 bits per heavy atom. The number of fused-ring (bicyclic) bond motifs is 1. The summed E-state index contributed by atoms with van der Waals surface area (Å²) in [6.07, 6.45) is 2.84. The van der Waals surface area contributed by atoms with E-state index in [0.29, 0.717) is 22.7 Å². The van der Waals surface area contributed by atoms with Gasteiger partial charge in [0.25, 0.3) is 11.8 Å². The van der Waals surface area contributed by atoms with Crippen molar-refractivity contribution in [3.05, 3.63) is 35.4 Å². The standard InChI is InChI=1S/C18H20N4O3S2/c1-2-3-11-26-18-21-20-17(27-18)19-14(23)9-6-10-22-15(24)12-7-4-5-8-13(12)16(22)25/h4-5,7-8H,2-3,6,9-11H2,1H3,(H,19,20,23). The molecular formula is C18H20N4O3S2. The highest BCUT2D eigenvalue weighted by atomic mass is 32.2. The monoisotopic (exact) mass is 404 g/mol. The van der Waals surface area contributed by atoms with Gasteiger partial charge in [0, 0.05) is 18.7 Å². The van der Waals surface area contributed by atoms with E-state index in [1.807, 2.05) is 0 Å². The first kappa shape index (κ1) is 19.5. The average Bonchev–Trinajstić information content (AvgIpc) is 3.20. The maximum absolute atomic E-state index is 12.3. The summed E-state index contributed by atoms with van der Waals surface area (Å²) in [6, 6.07) is 6.76. The number of nitrogens with zero attached hydrogens (tertiary/aromatic N) is 3. The molecule has 0 unspecified atom stereocenters. The molecule has 0 fully saturated rings. The molecule has 7 nitrogen and oxygen atoms in total. The second-order valence-corrected chi connectivity index (χ2v) is 8.35. The van der Waals surface area contributed by atoms with Gasteiger partial charge in [-0.15, -0.1) is 10.2 Å². The van der Waals surface area contributed by atoms with Crippen LogP contribution >= 0.6 is 23.1 Å². The van der Waals surface area contributed by atoms with Gasteiger partial charge < -0.3 is 5.32 Å². The number of aromatic nitrogens is 2. The molecule has 1 aliphatic rings. The van der Waals surface area contributed by atoms with Crippen molar-refractivity contribution >= 4 is 46.0 Å². The van der Waals surface area contributed by atoms with Crippen molar-refractivity contribution in [3.8, 4) is 0 Å². The fourth-order valence-corrected chi connectivity index (χ4v) is 4.57. The van der Waals surface area contributed by atoms with Gasteiger partial charge in [-0.1, -0.05) is 48.6 Å². The Balaban J connectivity index is 1.44. The Morgan fingerprint density at radius 1 is 1.15 bits per heavy atom. The summed E-state index contributed by atoms with van der Waals surface area (Å²) >= 11 is 2.99. The lowest BCUT2D eigenvalue weighted by Gasteiger charge is -2.13. The molecule has 0 saturated heterocycles. The minimum atomic E-state index is -0.297. The van der Waals surface area contributed by atoms with Crippen molar-refractivity contribution in [2.45, 2.75) is 36.9 Å². The van der Waals surface area contributed by atoms with Crippen molar-refractivity contribution in [3.63, 3.8) is 0 Å². The van der Waals surface area contributed by atoms with Crippen LogP contribution in [0.1, 0.15) is 53.3 Å². The smallest absolute Gasteiger partial charge is 0.261 e. The van der Waals surface area contributed by atoms with Gasteiger partial charge in [0.2, 0.25) is 11.0 Å². The van der Waals surface area contributed by atoms with E-state index in [4.69, 9.17) is 0 Å². The summed E-state index contributed by atoms with van der Waals surface area (Å²) in [7, 11) is 0. The number of benzene rings is 1. The minimum Gasteiger partial charge on any atom is -0.301 e. The molecule has 1 aliphatic heterocycles. The second kappa shape index (κ2) is 9.09. The predicted octanol–water partition coefficient (Wildman–Crippen LogP) is 3.45. The molecule has 0 atom stereocenters. The Kier molecular flexibility index (Phi) is 6.57. The lowest BCUT2D eigenvalue weighted by molar-refractivity contribution is -0.116. The van der Waals surface area contributed by atoms with Crippen molar-refractivity contribution in [2.24, 2.45) is 0 Å². The first-order chi connectivity index (χ1) is 13.1. The van der Waals surface area contributed by atoms with E-state index >= 15 is 0 Å². The number of amides is 3. The van der Waals surface area contributed by atoms with E-state index in [2.05, 4.69) is 22.4 Å². The highest BCUT2D eigenvalue weighted by Crippen LogP contribution is 2.26. The van der Waals surface area contributed by atoms with Crippen LogP contribution in [-0.2, 0) is 4.79 Å². The van der Waals surface area contributed by atoms with Crippen LogP contribution in [0.5, 0.6) is 0 Å². The Labute approximate surface area is 165 Å². The molecule has 0 spiro atoms. The Morgan fingerprint density at radius 3 is 2.52 bits per heavy atom. The normalized spacial score (nSPS) is 13.1. The molecule has 1 aromatic carbocycles. The van der Waals surface area contributed by atoms with Gasteiger partial charge in [0.15, 0.2) is 4.34 Å². The molecule has 3 rings (SSSR count). The number of hydrogen-bond donors (Lipinski definition) is 1. The molecule has 3 amide bonds. The van der Waals surface area contributed by atoms with Gasteiger partial charge in [-0.05, 0) is 25.0 Å². The highest BCUT2D eigenvalue weighted by Gasteiger charge is 2.34. The Hall–Kier alpha value is -2.26. The largest absolute Gasteiger partial charge is 0.301 e. The fraction of sp³-hybridized carbons (Fsp3) is 0.389. The third-order valence-corrected chi connectivity index (χ3v) is 6.10. The molecule has 0 bridgehead atoms. The summed E-state index contributed by atoms with van der Waals surface area (Å²) in [5, 5.41) is 11.2. The molecular weight excluding hydrogens is 384 g/mol. The number of hydrogen-bond acceptors (Lipinski definition) is 7. The zero-order valence-electron chi connectivity index (χ0n) is 14.9. The van der Waals surface area contributed by atoms with Crippen LogP contribution in [0.3, 0.4) is 0 Å². The number of unbranched alkanes of at least 4 members (excludes halogenated alkanes) is 1. The van der Waals surface area contributed by atoms with E-state index in [1.54, 1.807) is 36.0 Å². The molecule has 1 aromatic heterocycles. The predicted molar refractivity (Wildman–Crippen MR) is 105 cm³/mol. The fourth-order valence-electron chi connectivity index (χ4n) is 2.64. The van der Waals surface area contributed by atoms with Gasteiger partial charge in [-0.3, -0.25) is 19.3 Å². The SMILES string of the molecule is CCCCSc1nnc(NC(=O)CCCN2C(=O)c3ccccc3C2=O)s1. The Bertz CT molecular complexity index is 818. The number of carbonyl (C=O) groups is 3. The van der Waals surface area contributed by atoms with Crippen molar-refractivity contribution in [1.29, 1.82) is 0 Å². The summed E-state index contributed by atoms with van der Waals surface area (Å²) in [5.41, 5.74) is 0.850. The molecule has 1 N–H and O–H groups in total. The lowest BCUT2D eigenvalue weighted by atomic mass is 10.1. The van der Waals surface area contributed by atoms with E-state index in [9.17, 15) is 14.4 Å². The van der Waals surface area contributed by atoms with Gasteiger partial charge in [0.1, 0.15) is 0 Å². The number of anilines is 1. The zero-order valence-corrected chi connectivity index (χ0v) is 16.6. The van der Waals surface area contributed by atoms with Crippen LogP contribution in [0.2, 0.25) is 0 Å². The van der Waals surface area contributed by atoms with Crippen LogP contribution in [0.4, 0.5) is 5.13 Å². The number of rotatable bonds is 9. The van der Waals surface area contributed by atoms with Crippen LogP contribution in [0.15, 0.2) is 28.6 Å². The maximum atomic E-state index is 12.3. The number of thioether (sulfide) groups is 1. The molecule has 0 aliphatic carbocycles. The van der Waals surface area contributed by atoms with Crippen molar-refractivity contribution in [1.82, 2.24) is 15.1 Å². The maximum Gasteiger partial charge on any atom is 0.261 e. The minimum absolute atomic E-state index is 0.200. The summed E-state index contributed by atoms with van der Waals surface area (Å²) in [6.45, 7) is 2.35. The third-order valence-electron chi connectivity index (χ3n) is 4.04. The third kappa shape index (κ3) is 4.72. The van der Waals surface area contributed by atoms with Gasteiger partial charge in [-0.2, -0.15) is 0 Å². The van der Waals surface area contributed by atoms with E-state index in [-0.39, 0.29) is 30.7 Å². The van der Waals surface area contributed by atoms with E-state index in [1.165, 1.54) is 16.2 Å². The number of nitrogens with one attached hydrogen (secondary N) is 1. The molecule has 2 aromatic rings. The number of imide groups is 1. The first-order valence-electron chi connectivity index (χ1n) is 8.81. The summed E-state index contributed by atoms with van der Waals surface area (Å²) in [4.78, 5) is 37.8. The van der Waals surface area contributed by atoms with Crippen LogP contribution < -0.4 is 5.32 Å². The van der Waals surface area contributed by atoms with Crippen molar-refractivity contribution in [2.75, 3.05) is 17.6 Å². The highest BCUT2D eigenvalue weighted by molar-refractivity contribution is 8.01. The molecule has 9 heteroatoms. The van der Waals surface area contributed by atoms with Gasteiger partial charge in [0.05, 0.1) is 11.1 Å². The summed E-state index contributed by atoms with van der Waals surface area (Å²) in [5.74, 6) is 0.190. The van der Waals surface area contributed by atoms with Gasteiger partial charge >= 0.3 is 0 Å².